The van der Waals surface area contributed by atoms with Crippen molar-refractivity contribution < 1.29 is 9.52 Å². The van der Waals surface area contributed by atoms with Gasteiger partial charge in [0.25, 0.3) is 0 Å². The molecule has 2 aliphatic rings. The van der Waals surface area contributed by atoms with Crippen molar-refractivity contribution in [2.24, 2.45) is 0 Å². The van der Waals surface area contributed by atoms with Gasteiger partial charge in [0.2, 0.25) is 0 Å². The molecule has 0 spiro atoms. The highest BCUT2D eigenvalue weighted by Gasteiger charge is 2.20. The standard InChI is InChI=1S/C19H30N2O3/c22-18-16(13-20-9-5-1-2-6-10-20)15-24-19(23)17(18)14-21-11-7-3-4-8-12-21/h15,22H,1-14H2. The Hall–Kier alpha value is -1.33. The molecule has 0 aromatic carbocycles. The van der Waals surface area contributed by atoms with E-state index in [4.69, 9.17) is 4.42 Å². The van der Waals surface area contributed by atoms with Crippen LogP contribution in [0.5, 0.6) is 5.75 Å². The van der Waals surface area contributed by atoms with Crippen LogP contribution in [0.4, 0.5) is 0 Å². The second-order valence-electron chi connectivity index (χ2n) is 7.26. The average molecular weight is 334 g/mol. The summed E-state index contributed by atoms with van der Waals surface area (Å²) in [5.74, 6) is 0.153. The summed E-state index contributed by atoms with van der Waals surface area (Å²) < 4.78 is 5.25. The van der Waals surface area contributed by atoms with Gasteiger partial charge < -0.3 is 9.52 Å². The summed E-state index contributed by atoms with van der Waals surface area (Å²) >= 11 is 0. The summed E-state index contributed by atoms with van der Waals surface area (Å²) in [6.07, 6.45) is 11.3. The minimum Gasteiger partial charge on any atom is -0.507 e. The van der Waals surface area contributed by atoms with Gasteiger partial charge in [0.1, 0.15) is 12.0 Å². The molecule has 0 saturated carbocycles. The lowest BCUT2D eigenvalue weighted by Gasteiger charge is -2.22. The van der Waals surface area contributed by atoms with Gasteiger partial charge >= 0.3 is 5.63 Å². The van der Waals surface area contributed by atoms with E-state index < -0.39 is 5.63 Å². The molecule has 5 nitrogen and oxygen atoms in total. The van der Waals surface area contributed by atoms with Crippen LogP contribution in [0, 0.1) is 0 Å². The van der Waals surface area contributed by atoms with E-state index in [9.17, 15) is 9.90 Å². The van der Waals surface area contributed by atoms with Crippen molar-refractivity contribution in [1.82, 2.24) is 9.80 Å². The van der Waals surface area contributed by atoms with Crippen molar-refractivity contribution in [2.45, 2.75) is 64.5 Å². The Labute approximate surface area is 144 Å². The minimum absolute atomic E-state index is 0.153. The van der Waals surface area contributed by atoms with Crippen LogP contribution < -0.4 is 5.63 Å². The van der Waals surface area contributed by atoms with Crippen molar-refractivity contribution in [1.29, 1.82) is 0 Å². The third-order valence-corrected chi connectivity index (χ3v) is 5.32. The monoisotopic (exact) mass is 334 g/mol. The Morgan fingerprint density at radius 2 is 1.33 bits per heavy atom. The quantitative estimate of drug-likeness (QED) is 0.917. The fraction of sp³-hybridized carbons (Fsp3) is 0.737. The van der Waals surface area contributed by atoms with Crippen LogP contribution in [0.3, 0.4) is 0 Å². The van der Waals surface area contributed by atoms with E-state index in [1.54, 1.807) is 0 Å². The Morgan fingerprint density at radius 1 is 0.833 bits per heavy atom. The number of hydrogen-bond donors (Lipinski definition) is 1. The van der Waals surface area contributed by atoms with E-state index in [0.717, 1.165) is 31.7 Å². The van der Waals surface area contributed by atoms with Crippen LogP contribution in [0.2, 0.25) is 0 Å². The highest BCUT2D eigenvalue weighted by Crippen LogP contribution is 2.24. The first kappa shape index (κ1) is 17.5. The maximum Gasteiger partial charge on any atom is 0.343 e. The molecule has 0 atom stereocenters. The molecule has 2 saturated heterocycles. The van der Waals surface area contributed by atoms with E-state index in [1.807, 2.05) is 0 Å². The number of nitrogens with zero attached hydrogens (tertiary/aromatic N) is 2. The third kappa shape index (κ3) is 4.61. The van der Waals surface area contributed by atoms with Gasteiger partial charge in [0, 0.05) is 18.7 Å². The van der Waals surface area contributed by atoms with Crippen LogP contribution in [0.1, 0.15) is 62.5 Å². The number of likely N-dealkylation sites (tertiary alicyclic amines) is 2. The predicted octanol–water partition coefficient (Wildman–Crippen LogP) is 3.10. The number of rotatable bonds is 4. The topological polar surface area (TPSA) is 56.9 Å². The molecule has 0 amide bonds. The molecule has 1 N–H and O–H groups in total. The third-order valence-electron chi connectivity index (χ3n) is 5.32. The zero-order valence-electron chi connectivity index (χ0n) is 14.6. The Kier molecular flexibility index (Phi) is 6.32. The number of aromatic hydroxyl groups is 1. The molecule has 0 aliphatic carbocycles. The summed E-state index contributed by atoms with van der Waals surface area (Å²) in [4.78, 5) is 16.8. The molecule has 3 heterocycles. The van der Waals surface area contributed by atoms with E-state index in [2.05, 4.69) is 9.80 Å². The second-order valence-corrected chi connectivity index (χ2v) is 7.26. The molecule has 0 bridgehead atoms. The molecular formula is C19H30N2O3. The lowest BCUT2D eigenvalue weighted by Crippen LogP contribution is -2.28. The van der Waals surface area contributed by atoms with Crippen LogP contribution in [0.25, 0.3) is 0 Å². The fourth-order valence-electron chi connectivity index (χ4n) is 3.85. The highest BCUT2D eigenvalue weighted by atomic mass is 16.4. The lowest BCUT2D eigenvalue weighted by molar-refractivity contribution is 0.255. The van der Waals surface area contributed by atoms with Gasteiger partial charge in [0.15, 0.2) is 0 Å². The molecule has 1 aromatic rings. The van der Waals surface area contributed by atoms with Crippen molar-refractivity contribution in [3.05, 3.63) is 27.8 Å². The zero-order valence-corrected chi connectivity index (χ0v) is 14.6. The van der Waals surface area contributed by atoms with E-state index >= 15 is 0 Å². The van der Waals surface area contributed by atoms with Crippen LogP contribution >= 0.6 is 0 Å². The van der Waals surface area contributed by atoms with Crippen molar-refractivity contribution in [3.63, 3.8) is 0 Å². The predicted molar refractivity (Wildman–Crippen MR) is 94.1 cm³/mol. The largest absolute Gasteiger partial charge is 0.507 e. The summed E-state index contributed by atoms with van der Waals surface area (Å²) in [6, 6.07) is 0. The molecule has 2 aliphatic heterocycles. The summed E-state index contributed by atoms with van der Waals surface area (Å²) in [5.41, 5.74) is 0.793. The van der Waals surface area contributed by atoms with Gasteiger partial charge in [-0.15, -0.1) is 0 Å². The average Bonchev–Trinajstić information content (AvgIpc) is 2.99. The lowest BCUT2D eigenvalue weighted by atomic mass is 10.1. The van der Waals surface area contributed by atoms with Gasteiger partial charge in [-0.3, -0.25) is 9.80 Å². The van der Waals surface area contributed by atoms with Gasteiger partial charge in [-0.2, -0.15) is 0 Å². The molecule has 24 heavy (non-hydrogen) atoms. The molecule has 5 heteroatoms. The smallest absolute Gasteiger partial charge is 0.343 e. The summed E-state index contributed by atoms with van der Waals surface area (Å²) in [7, 11) is 0. The Balaban J connectivity index is 1.72. The maximum absolute atomic E-state index is 12.1. The van der Waals surface area contributed by atoms with E-state index in [0.29, 0.717) is 18.7 Å². The fourth-order valence-corrected chi connectivity index (χ4v) is 3.85. The first-order valence-corrected chi connectivity index (χ1v) is 9.51. The molecule has 0 radical (unpaired) electrons. The second kappa shape index (κ2) is 8.67. The first-order chi connectivity index (χ1) is 11.7. The van der Waals surface area contributed by atoms with Gasteiger partial charge in [0.05, 0.1) is 5.56 Å². The van der Waals surface area contributed by atoms with Crippen LogP contribution in [0.15, 0.2) is 15.5 Å². The molecule has 134 valence electrons. The molecule has 0 unspecified atom stereocenters. The van der Waals surface area contributed by atoms with Crippen LogP contribution in [-0.2, 0) is 13.1 Å². The molecule has 2 fully saturated rings. The normalized spacial score (nSPS) is 21.3. The Morgan fingerprint density at radius 3 is 1.88 bits per heavy atom. The maximum atomic E-state index is 12.1. The van der Waals surface area contributed by atoms with Gasteiger partial charge in [-0.05, 0) is 51.9 Å². The summed E-state index contributed by atoms with van der Waals surface area (Å²) in [5, 5.41) is 10.7. The SMILES string of the molecule is O=c1occ(CN2CCCCCC2)c(O)c1CN1CCCCCC1. The number of hydrogen-bond acceptors (Lipinski definition) is 5. The van der Waals surface area contributed by atoms with Crippen LogP contribution in [-0.4, -0.2) is 41.1 Å². The molecule has 1 aromatic heterocycles. The molecule has 3 rings (SSSR count). The van der Waals surface area contributed by atoms with E-state index in [1.165, 1.54) is 57.6 Å². The van der Waals surface area contributed by atoms with E-state index in [-0.39, 0.29) is 5.75 Å². The molecular weight excluding hydrogens is 304 g/mol. The van der Waals surface area contributed by atoms with Crippen molar-refractivity contribution in [3.8, 4) is 5.75 Å². The Bertz CT molecular complexity index is 568. The highest BCUT2D eigenvalue weighted by molar-refractivity contribution is 5.36. The minimum atomic E-state index is -0.392. The zero-order chi connectivity index (χ0) is 16.8. The summed E-state index contributed by atoms with van der Waals surface area (Å²) in [6.45, 7) is 5.27. The van der Waals surface area contributed by atoms with Crippen molar-refractivity contribution in [2.75, 3.05) is 26.2 Å². The van der Waals surface area contributed by atoms with Gasteiger partial charge in [-0.25, -0.2) is 4.79 Å². The first-order valence-electron chi connectivity index (χ1n) is 9.51. The van der Waals surface area contributed by atoms with Gasteiger partial charge in [-0.1, -0.05) is 25.7 Å². The van der Waals surface area contributed by atoms with Crippen molar-refractivity contribution >= 4 is 0 Å².